The van der Waals surface area contributed by atoms with Gasteiger partial charge in [-0.3, -0.25) is 14.4 Å². The minimum absolute atomic E-state index is 0.0571. The predicted molar refractivity (Wildman–Crippen MR) is 60.2 cm³/mol. The van der Waals surface area contributed by atoms with Crippen LogP contribution in [-0.2, 0) is 14.4 Å². The fourth-order valence-electron chi connectivity index (χ4n) is 1.97. The van der Waals surface area contributed by atoms with Crippen molar-refractivity contribution in [3.8, 4) is 0 Å². The van der Waals surface area contributed by atoms with Gasteiger partial charge in [0.15, 0.2) is 0 Å². The zero-order valence-electron chi connectivity index (χ0n) is 9.91. The van der Waals surface area contributed by atoms with E-state index in [1.165, 1.54) is 6.92 Å². The fourth-order valence-corrected chi connectivity index (χ4v) is 1.97. The first-order chi connectivity index (χ1) is 7.93. The van der Waals surface area contributed by atoms with Gasteiger partial charge in [-0.05, 0) is 18.3 Å². The number of hydrogen-bond acceptors (Lipinski definition) is 3. The highest BCUT2D eigenvalue weighted by molar-refractivity contribution is 5.83. The zero-order valence-corrected chi connectivity index (χ0v) is 9.91. The van der Waals surface area contributed by atoms with E-state index >= 15 is 0 Å². The van der Waals surface area contributed by atoms with Gasteiger partial charge in [0, 0.05) is 13.5 Å². The molecule has 0 bridgehead atoms. The van der Waals surface area contributed by atoms with Crippen LogP contribution in [0, 0.1) is 5.41 Å². The third-order valence-electron chi connectivity index (χ3n) is 3.10. The van der Waals surface area contributed by atoms with E-state index in [1.807, 2.05) is 0 Å². The number of carbonyl (C=O) groups is 3. The van der Waals surface area contributed by atoms with E-state index in [1.54, 1.807) is 0 Å². The first-order valence-electron chi connectivity index (χ1n) is 5.66. The minimum atomic E-state index is -0.833. The number of nitrogens with one attached hydrogen (secondary N) is 2. The molecule has 1 saturated carbocycles. The summed E-state index contributed by atoms with van der Waals surface area (Å²) in [4.78, 5) is 32.6. The molecule has 6 nitrogen and oxygen atoms in total. The summed E-state index contributed by atoms with van der Waals surface area (Å²) in [7, 11) is 0. The van der Waals surface area contributed by atoms with Crippen molar-refractivity contribution in [3.63, 3.8) is 0 Å². The number of rotatable bonds is 6. The molecule has 0 aliphatic heterocycles. The first-order valence-corrected chi connectivity index (χ1v) is 5.66. The third kappa shape index (κ3) is 4.42. The first kappa shape index (κ1) is 13.5. The van der Waals surface area contributed by atoms with Gasteiger partial charge in [0.05, 0.1) is 13.0 Å². The summed E-state index contributed by atoms with van der Waals surface area (Å²) in [6, 6.07) is 0. The average Bonchev–Trinajstić information content (AvgIpc) is 2.18. The standard InChI is InChI=1S/C11H18N2O4/c1-8(14)12-6-9(15)13-7-11(3-2-4-11)5-10(16)17/h2-7H2,1H3,(H,12,14)(H,13,15)(H,16,17). The van der Waals surface area contributed by atoms with Gasteiger partial charge in [-0.2, -0.15) is 0 Å². The summed E-state index contributed by atoms with van der Waals surface area (Å²) in [6.07, 6.45) is 2.77. The topological polar surface area (TPSA) is 95.5 Å². The maximum absolute atomic E-state index is 11.3. The molecule has 0 radical (unpaired) electrons. The van der Waals surface area contributed by atoms with Crippen LogP contribution in [0.15, 0.2) is 0 Å². The van der Waals surface area contributed by atoms with Gasteiger partial charge < -0.3 is 15.7 Å². The van der Waals surface area contributed by atoms with Gasteiger partial charge >= 0.3 is 5.97 Å². The summed E-state index contributed by atoms with van der Waals surface area (Å²) in [5, 5.41) is 13.8. The Morgan fingerprint density at radius 2 is 1.88 bits per heavy atom. The van der Waals surface area contributed by atoms with E-state index in [0.717, 1.165) is 19.3 Å². The normalized spacial score (nSPS) is 16.8. The highest BCUT2D eigenvalue weighted by Gasteiger charge is 2.39. The molecule has 1 rings (SSSR count). The van der Waals surface area contributed by atoms with Crippen molar-refractivity contribution in [1.82, 2.24) is 10.6 Å². The Hall–Kier alpha value is -1.59. The summed E-state index contributed by atoms with van der Waals surface area (Å²) in [5.41, 5.74) is -0.280. The lowest BCUT2D eigenvalue weighted by atomic mass is 9.66. The lowest BCUT2D eigenvalue weighted by Gasteiger charge is -2.40. The van der Waals surface area contributed by atoms with Crippen molar-refractivity contribution >= 4 is 17.8 Å². The van der Waals surface area contributed by atoms with Gasteiger partial charge in [-0.15, -0.1) is 0 Å². The molecular weight excluding hydrogens is 224 g/mol. The molecule has 6 heteroatoms. The second-order valence-electron chi connectivity index (χ2n) is 4.61. The molecular formula is C11H18N2O4. The van der Waals surface area contributed by atoms with Crippen LogP contribution in [0.4, 0.5) is 0 Å². The molecule has 0 aromatic carbocycles. The zero-order chi connectivity index (χ0) is 12.9. The van der Waals surface area contributed by atoms with Crippen LogP contribution in [-0.4, -0.2) is 36.0 Å². The van der Waals surface area contributed by atoms with Gasteiger partial charge in [0.2, 0.25) is 11.8 Å². The summed E-state index contributed by atoms with van der Waals surface area (Å²) < 4.78 is 0. The molecule has 0 aromatic heterocycles. The predicted octanol–water partition coefficient (Wildman–Crippen LogP) is -0.116. The van der Waals surface area contributed by atoms with E-state index in [2.05, 4.69) is 10.6 Å². The number of amides is 2. The summed E-state index contributed by atoms with van der Waals surface area (Å²) in [6.45, 7) is 1.65. The quantitative estimate of drug-likeness (QED) is 0.605. The molecule has 3 N–H and O–H groups in total. The average molecular weight is 242 g/mol. The molecule has 0 unspecified atom stereocenters. The van der Waals surface area contributed by atoms with E-state index < -0.39 is 5.97 Å². The summed E-state index contributed by atoms with van der Waals surface area (Å²) >= 11 is 0. The molecule has 96 valence electrons. The van der Waals surface area contributed by atoms with Crippen molar-refractivity contribution in [3.05, 3.63) is 0 Å². The Labute approximate surface area is 99.8 Å². The maximum atomic E-state index is 11.3. The molecule has 17 heavy (non-hydrogen) atoms. The molecule has 1 aliphatic rings. The SMILES string of the molecule is CC(=O)NCC(=O)NCC1(CC(=O)O)CCC1. The van der Waals surface area contributed by atoms with E-state index in [-0.39, 0.29) is 30.2 Å². The second kappa shape index (κ2) is 5.65. The largest absolute Gasteiger partial charge is 0.481 e. The van der Waals surface area contributed by atoms with Gasteiger partial charge in [0.1, 0.15) is 0 Å². The summed E-state index contributed by atoms with van der Waals surface area (Å²) in [5.74, 6) is -1.37. The van der Waals surface area contributed by atoms with Gasteiger partial charge in [-0.25, -0.2) is 0 Å². The lowest BCUT2D eigenvalue weighted by Crippen LogP contribution is -2.46. The minimum Gasteiger partial charge on any atom is -0.481 e. The monoisotopic (exact) mass is 242 g/mol. The van der Waals surface area contributed by atoms with Crippen molar-refractivity contribution in [1.29, 1.82) is 0 Å². The molecule has 0 saturated heterocycles. The Balaban J connectivity index is 2.30. The molecule has 0 aromatic rings. The molecule has 1 fully saturated rings. The molecule has 1 aliphatic carbocycles. The Bertz CT molecular complexity index is 323. The number of aliphatic carboxylic acids is 1. The highest BCUT2D eigenvalue weighted by atomic mass is 16.4. The fraction of sp³-hybridized carbons (Fsp3) is 0.727. The number of carboxylic acids is 1. The van der Waals surface area contributed by atoms with Crippen molar-refractivity contribution in [2.75, 3.05) is 13.1 Å². The van der Waals surface area contributed by atoms with Crippen molar-refractivity contribution in [2.24, 2.45) is 5.41 Å². The molecule has 0 spiro atoms. The van der Waals surface area contributed by atoms with E-state index in [4.69, 9.17) is 5.11 Å². The second-order valence-corrected chi connectivity index (χ2v) is 4.61. The molecule has 2 amide bonds. The Morgan fingerprint density at radius 1 is 1.24 bits per heavy atom. The number of carbonyl (C=O) groups excluding carboxylic acids is 2. The highest BCUT2D eigenvalue weighted by Crippen LogP contribution is 2.43. The van der Waals surface area contributed by atoms with Crippen LogP contribution in [0.5, 0.6) is 0 Å². The lowest BCUT2D eigenvalue weighted by molar-refractivity contribution is -0.141. The smallest absolute Gasteiger partial charge is 0.303 e. The van der Waals surface area contributed by atoms with Crippen LogP contribution in [0.2, 0.25) is 0 Å². The molecule has 0 atom stereocenters. The Kier molecular flexibility index (Phi) is 4.48. The molecule has 0 heterocycles. The third-order valence-corrected chi connectivity index (χ3v) is 3.10. The van der Waals surface area contributed by atoms with E-state index in [0.29, 0.717) is 6.54 Å². The van der Waals surface area contributed by atoms with Gasteiger partial charge in [-0.1, -0.05) is 6.42 Å². The van der Waals surface area contributed by atoms with Crippen LogP contribution in [0.3, 0.4) is 0 Å². The van der Waals surface area contributed by atoms with Crippen LogP contribution < -0.4 is 10.6 Å². The van der Waals surface area contributed by atoms with Crippen molar-refractivity contribution in [2.45, 2.75) is 32.6 Å². The maximum Gasteiger partial charge on any atom is 0.303 e. The number of hydrogen-bond donors (Lipinski definition) is 3. The van der Waals surface area contributed by atoms with Gasteiger partial charge in [0.25, 0.3) is 0 Å². The number of carboxylic acid groups (broad SMARTS) is 1. The van der Waals surface area contributed by atoms with Crippen LogP contribution >= 0.6 is 0 Å². The van der Waals surface area contributed by atoms with Crippen molar-refractivity contribution < 1.29 is 19.5 Å². The Morgan fingerprint density at radius 3 is 2.29 bits per heavy atom. The van der Waals surface area contributed by atoms with Crippen LogP contribution in [0.25, 0.3) is 0 Å². The van der Waals surface area contributed by atoms with Crippen LogP contribution in [0.1, 0.15) is 32.6 Å². The van der Waals surface area contributed by atoms with E-state index in [9.17, 15) is 14.4 Å².